The van der Waals surface area contributed by atoms with Crippen molar-refractivity contribution in [3.8, 4) is 11.4 Å². The van der Waals surface area contributed by atoms with Gasteiger partial charge < -0.3 is 19.7 Å². The zero-order chi connectivity index (χ0) is 28.0. The van der Waals surface area contributed by atoms with E-state index < -0.39 is 64.4 Å². The number of fused-ring (bicyclic) bond motifs is 1. The Labute approximate surface area is 215 Å². The second-order valence-corrected chi connectivity index (χ2v) is 10.4. The molecule has 38 heavy (non-hydrogen) atoms. The first-order chi connectivity index (χ1) is 17.6. The first-order valence-electron chi connectivity index (χ1n) is 12.2. The number of carbonyl (C=O) groups is 2. The number of hydrogen-bond donors (Lipinski definition) is 1. The maximum atomic E-state index is 15.2. The van der Waals surface area contributed by atoms with Crippen LogP contribution >= 0.6 is 0 Å². The molecule has 2 aliphatic heterocycles. The molecule has 1 aromatic heterocycles. The number of nitrogens with zero attached hydrogens (tertiary/aromatic N) is 4. The number of rotatable bonds is 5. The van der Waals surface area contributed by atoms with Crippen LogP contribution in [-0.2, 0) is 17.7 Å². The van der Waals surface area contributed by atoms with Crippen LogP contribution in [0.2, 0.25) is 0 Å². The van der Waals surface area contributed by atoms with Crippen molar-refractivity contribution in [1.29, 1.82) is 0 Å². The smallest absolute Gasteiger partial charge is 0.425 e. The molecule has 2 aliphatic rings. The maximum Gasteiger partial charge on any atom is 0.425 e. The molecule has 14 heteroatoms. The van der Waals surface area contributed by atoms with Crippen LogP contribution in [-0.4, -0.2) is 68.3 Å². The van der Waals surface area contributed by atoms with Gasteiger partial charge in [-0.3, -0.25) is 9.36 Å². The number of aromatic nitrogens is 3. The Morgan fingerprint density at radius 2 is 1.84 bits per heavy atom. The van der Waals surface area contributed by atoms with E-state index in [2.05, 4.69) is 10.4 Å². The summed E-state index contributed by atoms with van der Waals surface area (Å²) in [5, 5.41) is 6.71. The number of ether oxygens (including phenoxy) is 2. The Hall–Kier alpha value is -3.58. The molecule has 0 spiro atoms. The molecule has 1 N–H and O–H groups in total. The first kappa shape index (κ1) is 27.5. The van der Waals surface area contributed by atoms with Crippen LogP contribution in [0.25, 0.3) is 5.69 Å². The standard InChI is InChI=1S/C24H29F4N5O5/c1-13(24(26,27)28)37-18-10-17(33-21(35)32-8-6-5-7-19(32)30-33)16(25)9-15(18)20(34)29-14-11-31(12-14)22(36)38-23(2,3)4/h9-10,13-14H,5-8,11-12H2,1-4H3,(H,29,34)/t13-/m0/s1. The molecule has 0 unspecified atom stereocenters. The Bertz CT molecular complexity index is 1290. The van der Waals surface area contributed by atoms with Gasteiger partial charge in [-0.25, -0.2) is 14.0 Å². The summed E-state index contributed by atoms with van der Waals surface area (Å²) in [4.78, 5) is 39.2. The fourth-order valence-electron chi connectivity index (χ4n) is 4.10. The second-order valence-electron chi connectivity index (χ2n) is 10.4. The molecular weight excluding hydrogens is 514 g/mol. The monoisotopic (exact) mass is 543 g/mol. The largest absolute Gasteiger partial charge is 0.480 e. The Kier molecular flexibility index (Phi) is 7.19. The highest BCUT2D eigenvalue weighted by molar-refractivity contribution is 5.97. The van der Waals surface area contributed by atoms with E-state index in [1.165, 1.54) is 9.47 Å². The summed E-state index contributed by atoms with van der Waals surface area (Å²) in [6.45, 7) is 6.47. The summed E-state index contributed by atoms with van der Waals surface area (Å²) in [6, 6.07) is 1.06. The van der Waals surface area contributed by atoms with Gasteiger partial charge in [0.2, 0.25) is 0 Å². The molecule has 3 heterocycles. The fourth-order valence-corrected chi connectivity index (χ4v) is 4.10. The van der Waals surface area contributed by atoms with Crippen molar-refractivity contribution >= 4 is 12.0 Å². The molecule has 1 fully saturated rings. The number of aryl methyl sites for hydroxylation is 1. The lowest BCUT2D eigenvalue weighted by atomic mass is 10.1. The molecule has 2 amide bonds. The molecule has 1 saturated heterocycles. The lowest BCUT2D eigenvalue weighted by molar-refractivity contribution is -0.189. The van der Waals surface area contributed by atoms with Crippen LogP contribution in [0, 0.1) is 5.82 Å². The van der Waals surface area contributed by atoms with Crippen LogP contribution in [0.3, 0.4) is 0 Å². The molecule has 1 atom stereocenters. The highest BCUT2D eigenvalue weighted by Gasteiger charge is 2.40. The minimum atomic E-state index is -4.77. The fraction of sp³-hybridized carbons (Fsp3) is 0.583. The van der Waals surface area contributed by atoms with Crippen molar-refractivity contribution in [2.45, 2.75) is 77.4 Å². The SMILES string of the molecule is C[C@H](Oc1cc(-n2nc3n(c2=O)CCCC3)c(F)cc1C(=O)NC1CN(C(=O)OC(C)(C)C)C1)C(F)(F)F. The number of alkyl halides is 3. The molecular formula is C24H29F4N5O5. The summed E-state index contributed by atoms with van der Waals surface area (Å²) in [5.74, 6) is -2.06. The van der Waals surface area contributed by atoms with E-state index in [9.17, 15) is 27.6 Å². The van der Waals surface area contributed by atoms with Crippen LogP contribution < -0.4 is 15.7 Å². The zero-order valence-electron chi connectivity index (χ0n) is 21.4. The third-order valence-corrected chi connectivity index (χ3v) is 6.13. The molecule has 0 bridgehead atoms. The molecule has 208 valence electrons. The van der Waals surface area contributed by atoms with Crippen LogP contribution in [0.5, 0.6) is 5.75 Å². The molecule has 0 aliphatic carbocycles. The van der Waals surface area contributed by atoms with Crippen molar-refractivity contribution < 1.29 is 36.6 Å². The van der Waals surface area contributed by atoms with Crippen molar-refractivity contribution in [3.63, 3.8) is 0 Å². The Morgan fingerprint density at radius 3 is 2.45 bits per heavy atom. The quantitative estimate of drug-likeness (QED) is 0.581. The van der Waals surface area contributed by atoms with Gasteiger partial charge in [-0.15, -0.1) is 5.10 Å². The van der Waals surface area contributed by atoms with Gasteiger partial charge in [0.15, 0.2) is 6.10 Å². The van der Waals surface area contributed by atoms with Gasteiger partial charge in [0.1, 0.15) is 28.7 Å². The van der Waals surface area contributed by atoms with E-state index >= 15 is 4.39 Å². The molecule has 4 rings (SSSR count). The van der Waals surface area contributed by atoms with E-state index in [1.807, 2.05) is 0 Å². The van der Waals surface area contributed by atoms with Crippen molar-refractivity contribution in [1.82, 2.24) is 24.6 Å². The van der Waals surface area contributed by atoms with Gasteiger partial charge in [0.25, 0.3) is 5.91 Å². The Balaban J connectivity index is 1.60. The molecule has 2 aromatic rings. The summed E-state index contributed by atoms with van der Waals surface area (Å²) in [5.41, 5.74) is -2.27. The molecule has 0 radical (unpaired) electrons. The van der Waals surface area contributed by atoms with E-state index in [0.29, 0.717) is 18.8 Å². The van der Waals surface area contributed by atoms with Gasteiger partial charge in [-0.05, 0) is 46.6 Å². The van der Waals surface area contributed by atoms with E-state index in [1.54, 1.807) is 20.8 Å². The average Bonchev–Trinajstić information content (AvgIpc) is 3.11. The topological polar surface area (TPSA) is 108 Å². The number of halogens is 4. The number of hydrogen-bond acceptors (Lipinski definition) is 6. The van der Waals surface area contributed by atoms with Crippen LogP contribution in [0.15, 0.2) is 16.9 Å². The van der Waals surface area contributed by atoms with Crippen LogP contribution in [0.4, 0.5) is 22.4 Å². The summed E-state index contributed by atoms with van der Waals surface area (Å²) in [6.07, 6.45) is -5.64. The predicted molar refractivity (Wildman–Crippen MR) is 126 cm³/mol. The number of amides is 2. The van der Waals surface area contributed by atoms with Gasteiger partial charge in [0.05, 0.1) is 11.6 Å². The average molecular weight is 544 g/mol. The molecule has 1 aromatic carbocycles. The van der Waals surface area contributed by atoms with Crippen LogP contribution in [0.1, 0.15) is 56.7 Å². The highest BCUT2D eigenvalue weighted by atomic mass is 19.4. The third-order valence-electron chi connectivity index (χ3n) is 6.13. The minimum absolute atomic E-state index is 0.103. The van der Waals surface area contributed by atoms with Gasteiger partial charge in [-0.1, -0.05) is 0 Å². The van der Waals surface area contributed by atoms with Gasteiger partial charge >= 0.3 is 18.0 Å². The predicted octanol–water partition coefficient (Wildman–Crippen LogP) is 3.19. The first-order valence-corrected chi connectivity index (χ1v) is 12.2. The number of benzene rings is 1. The number of carbonyl (C=O) groups excluding carboxylic acids is 2. The van der Waals surface area contributed by atoms with Crippen molar-refractivity contribution in [3.05, 3.63) is 39.8 Å². The molecule has 0 saturated carbocycles. The van der Waals surface area contributed by atoms with Gasteiger partial charge in [0, 0.05) is 32.1 Å². The van der Waals surface area contributed by atoms with E-state index in [-0.39, 0.29) is 13.1 Å². The van der Waals surface area contributed by atoms with E-state index in [4.69, 9.17) is 9.47 Å². The van der Waals surface area contributed by atoms with E-state index in [0.717, 1.165) is 36.6 Å². The second kappa shape index (κ2) is 9.95. The Morgan fingerprint density at radius 1 is 1.16 bits per heavy atom. The lowest BCUT2D eigenvalue weighted by Crippen LogP contribution is -2.61. The number of likely N-dealkylation sites (tertiary alicyclic amines) is 1. The normalized spacial score (nSPS) is 16.9. The third kappa shape index (κ3) is 5.78. The summed E-state index contributed by atoms with van der Waals surface area (Å²) < 4.78 is 67.5. The summed E-state index contributed by atoms with van der Waals surface area (Å²) in [7, 11) is 0. The zero-order valence-corrected chi connectivity index (χ0v) is 21.4. The minimum Gasteiger partial charge on any atom is -0.480 e. The molecule has 10 nitrogen and oxygen atoms in total. The number of nitrogens with one attached hydrogen (secondary N) is 1. The van der Waals surface area contributed by atoms with Gasteiger partial charge in [-0.2, -0.15) is 17.9 Å². The summed E-state index contributed by atoms with van der Waals surface area (Å²) >= 11 is 0. The maximum absolute atomic E-state index is 15.2. The van der Waals surface area contributed by atoms with Crippen molar-refractivity contribution in [2.75, 3.05) is 13.1 Å². The highest BCUT2D eigenvalue weighted by Crippen LogP contribution is 2.31. The lowest BCUT2D eigenvalue weighted by Gasteiger charge is -2.40. The van der Waals surface area contributed by atoms with Crippen molar-refractivity contribution in [2.24, 2.45) is 0 Å².